The number of methoxy groups -OCH3 is 1. The molecule has 1 saturated carbocycles. The molecule has 0 amide bonds. The standard InChI is InChI=1S/C23H29ClO6/c1-29-23(28)10-5-3-2-4-9-19-20(22(27)14-21(19)26)12-11-17(25)15-30-18-8-6-7-16(24)13-18/h2-8,11-13,17,19-22,25-27H,9-10,14-15H2,1H3/b4-2-,5-3?,12-11+/t17-,19-,20-,21+,22-/m1/s1. The van der Waals surface area contributed by atoms with Crippen molar-refractivity contribution in [2.24, 2.45) is 11.8 Å². The minimum atomic E-state index is -0.855. The summed E-state index contributed by atoms with van der Waals surface area (Å²) in [6.45, 7) is 0.0533. The summed E-state index contributed by atoms with van der Waals surface area (Å²) in [5, 5.41) is 31.3. The normalized spacial score (nSPS) is 25.4. The molecule has 0 aliphatic heterocycles. The number of carbonyl (C=O) groups excluding carboxylic acids is 1. The van der Waals surface area contributed by atoms with Crippen molar-refractivity contribution in [3.05, 3.63) is 65.7 Å². The Morgan fingerprint density at radius 3 is 2.77 bits per heavy atom. The van der Waals surface area contributed by atoms with Gasteiger partial charge in [0.25, 0.3) is 0 Å². The van der Waals surface area contributed by atoms with Gasteiger partial charge < -0.3 is 24.8 Å². The van der Waals surface area contributed by atoms with Crippen LogP contribution in [0.5, 0.6) is 5.75 Å². The molecule has 1 aromatic rings. The number of ether oxygens (including phenoxy) is 2. The summed E-state index contributed by atoms with van der Waals surface area (Å²) in [6, 6.07) is 6.92. The summed E-state index contributed by atoms with van der Waals surface area (Å²) >= 11 is 5.91. The minimum Gasteiger partial charge on any atom is -0.491 e. The van der Waals surface area contributed by atoms with Crippen LogP contribution in [0.25, 0.3) is 0 Å². The van der Waals surface area contributed by atoms with Gasteiger partial charge in [-0.3, -0.25) is 4.79 Å². The highest BCUT2D eigenvalue weighted by molar-refractivity contribution is 6.30. The summed E-state index contributed by atoms with van der Waals surface area (Å²) in [5.74, 6) is -0.182. The highest BCUT2D eigenvalue weighted by atomic mass is 35.5. The molecule has 6 nitrogen and oxygen atoms in total. The van der Waals surface area contributed by atoms with Crippen molar-refractivity contribution in [2.75, 3.05) is 13.7 Å². The maximum Gasteiger partial charge on any atom is 0.309 e. The molecule has 0 heterocycles. The van der Waals surface area contributed by atoms with Gasteiger partial charge in [0.15, 0.2) is 0 Å². The smallest absolute Gasteiger partial charge is 0.309 e. The molecule has 1 fully saturated rings. The van der Waals surface area contributed by atoms with Crippen molar-refractivity contribution in [1.29, 1.82) is 0 Å². The number of carbonyl (C=O) groups is 1. The molecule has 164 valence electrons. The van der Waals surface area contributed by atoms with Gasteiger partial charge in [-0.05, 0) is 30.5 Å². The van der Waals surface area contributed by atoms with Crippen LogP contribution in [0.1, 0.15) is 19.3 Å². The third-order valence-corrected chi connectivity index (χ3v) is 5.23. The zero-order chi connectivity index (χ0) is 21.9. The quantitative estimate of drug-likeness (QED) is 0.296. The SMILES string of the molecule is COC(=O)CC=C/C=C\C[C@@H]1[C@@H](/C=C/[C@@H](O)COc2cccc(Cl)c2)[C@H](O)C[C@@H]1O. The third-order valence-electron chi connectivity index (χ3n) is 4.99. The molecule has 0 aromatic heterocycles. The van der Waals surface area contributed by atoms with Crippen LogP contribution in [0.15, 0.2) is 60.7 Å². The van der Waals surface area contributed by atoms with Gasteiger partial charge in [0.2, 0.25) is 0 Å². The van der Waals surface area contributed by atoms with Crippen molar-refractivity contribution >= 4 is 17.6 Å². The lowest BCUT2D eigenvalue weighted by molar-refractivity contribution is -0.139. The second kappa shape index (κ2) is 12.5. The van der Waals surface area contributed by atoms with E-state index in [9.17, 15) is 20.1 Å². The van der Waals surface area contributed by atoms with Gasteiger partial charge >= 0.3 is 5.97 Å². The van der Waals surface area contributed by atoms with E-state index in [0.717, 1.165) is 0 Å². The molecule has 0 spiro atoms. The number of esters is 1. The summed E-state index contributed by atoms with van der Waals surface area (Å²) in [6.07, 6.45) is 9.36. The number of halogens is 1. The van der Waals surface area contributed by atoms with Crippen LogP contribution in [-0.4, -0.2) is 53.3 Å². The Hall–Kier alpha value is -2.12. The van der Waals surface area contributed by atoms with Crippen LogP contribution in [0, 0.1) is 11.8 Å². The van der Waals surface area contributed by atoms with Crippen LogP contribution in [0.3, 0.4) is 0 Å². The Balaban J connectivity index is 1.86. The highest BCUT2D eigenvalue weighted by Gasteiger charge is 2.39. The molecular weight excluding hydrogens is 408 g/mol. The first kappa shape index (κ1) is 24.2. The Kier molecular flexibility index (Phi) is 10.1. The van der Waals surface area contributed by atoms with Gasteiger partial charge in [0, 0.05) is 17.4 Å². The van der Waals surface area contributed by atoms with Gasteiger partial charge in [-0.1, -0.05) is 54.1 Å². The van der Waals surface area contributed by atoms with E-state index >= 15 is 0 Å². The Bertz CT molecular complexity index is 760. The molecule has 1 aliphatic carbocycles. The van der Waals surface area contributed by atoms with E-state index in [2.05, 4.69) is 4.74 Å². The molecule has 1 aliphatic rings. The van der Waals surface area contributed by atoms with Gasteiger partial charge in [-0.25, -0.2) is 0 Å². The monoisotopic (exact) mass is 436 g/mol. The fraction of sp³-hybridized carbons (Fsp3) is 0.435. The molecule has 0 bridgehead atoms. The molecule has 2 rings (SSSR count). The predicted octanol–water partition coefficient (Wildman–Crippen LogP) is 3.06. The van der Waals surface area contributed by atoms with Gasteiger partial charge in [-0.2, -0.15) is 0 Å². The molecule has 30 heavy (non-hydrogen) atoms. The van der Waals surface area contributed by atoms with Crippen LogP contribution in [0.4, 0.5) is 0 Å². The first-order valence-corrected chi connectivity index (χ1v) is 10.3. The lowest BCUT2D eigenvalue weighted by Crippen LogP contribution is -2.21. The molecule has 1 aromatic carbocycles. The summed E-state index contributed by atoms with van der Waals surface area (Å²) in [4.78, 5) is 11.0. The van der Waals surface area contributed by atoms with E-state index in [-0.39, 0.29) is 30.8 Å². The first-order valence-electron chi connectivity index (χ1n) is 9.90. The summed E-state index contributed by atoms with van der Waals surface area (Å²) < 4.78 is 10.1. The van der Waals surface area contributed by atoms with Gasteiger partial charge in [-0.15, -0.1) is 0 Å². The molecule has 0 radical (unpaired) electrons. The zero-order valence-corrected chi connectivity index (χ0v) is 17.7. The molecular formula is C23H29ClO6. The Morgan fingerprint density at radius 1 is 1.27 bits per heavy atom. The van der Waals surface area contributed by atoms with Crippen LogP contribution < -0.4 is 4.74 Å². The number of aliphatic hydroxyl groups is 3. The van der Waals surface area contributed by atoms with E-state index in [4.69, 9.17) is 16.3 Å². The van der Waals surface area contributed by atoms with Crippen molar-refractivity contribution in [3.8, 4) is 5.75 Å². The van der Waals surface area contributed by atoms with Crippen LogP contribution >= 0.6 is 11.6 Å². The van der Waals surface area contributed by atoms with Crippen molar-refractivity contribution < 1.29 is 29.6 Å². The number of hydrogen-bond acceptors (Lipinski definition) is 6. The predicted molar refractivity (Wildman–Crippen MR) is 115 cm³/mol. The Morgan fingerprint density at radius 2 is 2.03 bits per heavy atom. The highest BCUT2D eigenvalue weighted by Crippen LogP contribution is 2.36. The average Bonchev–Trinajstić information content (AvgIpc) is 2.99. The Labute approximate surface area is 182 Å². The van der Waals surface area contributed by atoms with E-state index in [1.165, 1.54) is 7.11 Å². The summed E-state index contributed by atoms with van der Waals surface area (Å²) in [7, 11) is 1.34. The van der Waals surface area contributed by atoms with Gasteiger partial charge in [0.05, 0.1) is 25.7 Å². The number of aliphatic hydroxyl groups excluding tert-OH is 3. The van der Waals surface area contributed by atoms with E-state index in [0.29, 0.717) is 23.6 Å². The van der Waals surface area contributed by atoms with Gasteiger partial charge in [0.1, 0.15) is 18.5 Å². The molecule has 0 unspecified atom stereocenters. The number of allylic oxidation sites excluding steroid dienone is 3. The zero-order valence-electron chi connectivity index (χ0n) is 16.9. The topological polar surface area (TPSA) is 96.2 Å². The number of hydrogen-bond donors (Lipinski definition) is 3. The minimum absolute atomic E-state index is 0.0533. The van der Waals surface area contributed by atoms with Crippen molar-refractivity contribution in [1.82, 2.24) is 0 Å². The molecule has 5 atom stereocenters. The van der Waals surface area contributed by atoms with E-state index in [1.54, 1.807) is 54.6 Å². The second-order valence-electron chi connectivity index (χ2n) is 7.20. The fourth-order valence-electron chi connectivity index (χ4n) is 3.40. The number of benzene rings is 1. The number of rotatable bonds is 10. The summed E-state index contributed by atoms with van der Waals surface area (Å²) in [5.41, 5.74) is 0. The van der Waals surface area contributed by atoms with Crippen LogP contribution in [-0.2, 0) is 9.53 Å². The average molecular weight is 437 g/mol. The third kappa shape index (κ3) is 7.95. The molecule has 3 N–H and O–H groups in total. The maximum absolute atomic E-state index is 11.0. The van der Waals surface area contributed by atoms with Crippen molar-refractivity contribution in [2.45, 2.75) is 37.6 Å². The van der Waals surface area contributed by atoms with E-state index in [1.807, 2.05) is 6.08 Å². The second-order valence-corrected chi connectivity index (χ2v) is 7.64. The molecule has 0 saturated heterocycles. The van der Waals surface area contributed by atoms with Crippen LogP contribution in [0.2, 0.25) is 5.02 Å². The molecule has 7 heteroatoms. The van der Waals surface area contributed by atoms with Crippen molar-refractivity contribution in [3.63, 3.8) is 0 Å². The van der Waals surface area contributed by atoms with E-state index < -0.39 is 18.3 Å². The first-order chi connectivity index (χ1) is 14.4. The fourth-order valence-corrected chi connectivity index (χ4v) is 3.58. The lowest BCUT2D eigenvalue weighted by Gasteiger charge is -2.19. The maximum atomic E-state index is 11.0. The largest absolute Gasteiger partial charge is 0.491 e. The lowest BCUT2D eigenvalue weighted by atomic mass is 9.90.